The molecule has 0 radical (unpaired) electrons. The Labute approximate surface area is 127 Å². The van der Waals surface area contributed by atoms with Gasteiger partial charge in [-0.2, -0.15) is 0 Å². The number of rotatable bonds is 3. The topological polar surface area (TPSA) is 12.0 Å². The Bertz CT molecular complexity index is 736. The van der Waals surface area contributed by atoms with Crippen molar-refractivity contribution in [3.63, 3.8) is 0 Å². The van der Waals surface area contributed by atoms with E-state index in [1.165, 1.54) is 16.3 Å². The van der Waals surface area contributed by atoms with Crippen molar-refractivity contribution in [1.82, 2.24) is 0 Å². The molecule has 100 valence electrons. The van der Waals surface area contributed by atoms with E-state index >= 15 is 0 Å². The molecule has 0 aromatic heterocycles. The zero-order valence-electron chi connectivity index (χ0n) is 11.3. The summed E-state index contributed by atoms with van der Waals surface area (Å²) in [5, 5.41) is 6.10. The lowest BCUT2D eigenvalue weighted by Gasteiger charge is -2.16. The van der Waals surface area contributed by atoms with Crippen molar-refractivity contribution >= 4 is 32.4 Å². The number of benzene rings is 3. The van der Waals surface area contributed by atoms with Gasteiger partial charge in [-0.3, -0.25) is 0 Å². The maximum absolute atomic E-state index is 3.53. The summed E-state index contributed by atoms with van der Waals surface area (Å²) in [5.74, 6) is 0. The van der Waals surface area contributed by atoms with Gasteiger partial charge in [-0.05, 0) is 47.5 Å². The molecule has 1 N–H and O–H groups in total. The first-order valence-electron chi connectivity index (χ1n) is 6.73. The van der Waals surface area contributed by atoms with Crippen LogP contribution in [0.25, 0.3) is 10.8 Å². The van der Waals surface area contributed by atoms with Crippen molar-refractivity contribution in [1.29, 1.82) is 0 Å². The van der Waals surface area contributed by atoms with Crippen LogP contribution in [0.3, 0.4) is 0 Å². The van der Waals surface area contributed by atoms with E-state index in [0.29, 0.717) is 0 Å². The monoisotopic (exact) mass is 325 g/mol. The van der Waals surface area contributed by atoms with Crippen LogP contribution in [0.4, 0.5) is 5.69 Å². The third-order valence-electron chi connectivity index (χ3n) is 3.48. The molecule has 3 rings (SSSR count). The molecule has 0 aliphatic heterocycles. The number of hydrogen-bond acceptors (Lipinski definition) is 1. The summed E-state index contributed by atoms with van der Waals surface area (Å²) >= 11 is 3.50. The third-order valence-corrected chi connectivity index (χ3v) is 3.97. The molecule has 0 bridgehead atoms. The molecular formula is C18H16BrN. The van der Waals surface area contributed by atoms with E-state index < -0.39 is 0 Å². The average molecular weight is 326 g/mol. The second kappa shape index (κ2) is 5.68. The predicted molar refractivity (Wildman–Crippen MR) is 90.1 cm³/mol. The van der Waals surface area contributed by atoms with Gasteiger partial charge in [0.15, 0.2) is 0 Å². The van der Waals surface area contributed by atoms with Gasteiger partial charge in [-0.1, -0.05) is 58.4 Å². The largest absolute Gasteiger partial charge is 0.378 e. The van der Waals surface area contributed by atoms with Crippen LogP contribution < -0.4 is 5.32 Å². The van der Waals surface area contributed by atoms with Gasteiger partial charge < -0.3 is 5.32 Å². The summed E-state index contributed by atoms with van der Waals surface area (Å²) in [7, 11) is 0. The molecule has 0 aliphatic rings. The van der Waals surface area contributed by atoms with E-state index in [-0.39, 0.29) is 6.04 Å². The Kier molecular flexibility index (Phi) is 3.75. The summed E-state index contributed by atoms with van der Waals surface area (Å²) in [4.78, 5) is 0. The molecule has 3 aromatic carbocycles. The van der Waals surface area contributed by atoms with Gasteiger partial charge in [0.1, 0.15) is 0 Å². The minimum absolute atomic E-state index is 0.272. The van der Waals surface area contributed by atoms with Crippen molar-refractivity contribution in [2.24, 2.45) is 0 Å². The fraction of sp³-hybridized carbons (Fsp3) is 0.111. The summed E-state index contributed by atoms with van der Waals surface area (Å²) in [6, 6.07) is 23.6. The molecule has 20 heavy (non-hydrogen) atoms. The highest BCUT2D eigenvalue weighted by atomic mass is 79.9. The van der Waals surface area contributed by atoms with Crippen LogP contribution in [0.5, 0.6) is 0 Å². The molecule has 0 amide bonds. The van der Waals surface area contributed by atoms with Gasteiger partial charge in [0.05, 0.1) is 0 Å². The van der Waals surface area contributed by atoms with Crippen LogP contribution in [0, 0.1) is 0 Å². The molecular weight excluding hydrogens is 310 g/mol. The molecule has 0 spiro atoms. The molecule has 1 atom stereocenters. The van der Waals surface area contributed by atoms with Crippen molar-refractivity contribution < 1.29 is 0 Å². The minimum atomic E-state index is 0.272. The molecule has 0 heterocycles. The van der Waals surface area contributed by atoms with E-state index in [0.717, 1.165) is 10.2 Å². The van der Waals surface area contributed by atoms with Gasteiger partial charge in [0, 0.05) is 16.2 Å². The zero-order valence-corrected chi connectivity index (χ0v) is 12.9. The Morgan fingerprint density at radius 3 is 2.45 bits per heavy atom. The van der Waals surface area contributed by atoms with E-state index in [4.69, 9.17) is 0 Å². The van der Waals surface area contributed by atoms with E-state index in [1.54, 1.807) is 0 Å². The molecule has 3 aromatic rings. The maximum atomic E-state index is 3.53. The highest BCUT2D eigenvalue weighted by Gasteiger charge is 2.06. The molecule has 0 saturated carbocycles. The molecule has 1 unspecified atom stereocenters. The number of fused-ring (bicyclic) bond motifs is 1. The lowest BCUT2D eigenvalue weighted by atomic mass is 10.0. The predicted octanol–water partition coefficient (Wildman–Crippen LogP) is 5.78. The SMILES string of the molecule is CC(Nc1cccc(Br)c1)c1ccc2ccccc2c1. The highest BCUT2D eigenvalue weighted by Crippen LogP contribution is 2.24. The van der Waals surface area contributed by atoms with Gasteiger partial charge in [0.25, 0.3) is 0 Å². The Hall–Kier alpha value is -1.80. The molecule has 0 saturated heterocycles. The van der Waals surface area contributed by atoms with Crippen molar-refractivity contribution in [2.45, 2.75) is 13.0 Å². The number of nitrogens with one attached hydrogen (secondary N) is 1. The fourth-order valence-corrected chi connectivity index (χ4v) is 2.79. The Morgan fingerprint density at radius 1 is 0.850 bits per heavy atom. The van der Waals surface area contributed by atoms with Crippen molar-refractivity contribution in [3.05, 3.63) is 76.8 Å². The first-order chi connectivity index (χ1) is 9.72. The van der Waals surface area contributed by atoms with Gasteiger partial charge in [-0.15, -0.1) is 0 Å². The van der Waals surface area contributed by atoms with Gasteiger partial charge >= 0.3 is 0 Å². The van der Waals surface area contributed by atoms with Gasteiger partial charge in [0.2, 0.25) is 0 Å². The average Bonchev–Trinajstić information content (AvgIpc) is 2.47. The molecule has 0 fully saturated rings. The third kappa shape index (κ3) is 2.86. The minimum Gasteiger partial charge on any atom is -0.378 e. The summed E-state index contributed by atoms with van der Waals surface area (Å²) in [6.07, 6.45) is 0. The lowest BCUT2D eigenvalue weighted by molar-refractivity contribution is 0.887. The summed E-state index contributed by atoms with van der Waals surface area (Å²) in [6.45, 7) is 2.19. The van der Waals surface area contributed by atoms with Crippen molar-refractivity contribution in [3.8, 4) is 0 Å². The molecule has 2 heteroatoms. The van der Waals surface area contributed by atoms with Crippen LogP contribution in [0.1, 0.15) is 18.5 Å². The Morgan fingerprint density at radius 2 is 1.65 bits per heavy atom. The second-order valence-corrected chi connectivity index (χ2v) is 5.90. The maximum Gasteiger partial charge on any atom is 0.0485 e. The lowest BCUT2D eigenvalue weighted by Crippen LogP contribution is -2.06. The number of halogens is 1. The number of anilines is 1. The van der Waals surface area contributed by atoms with Crippen LogP contribution in [0.15, 0.2) is 71.2 Å². The second-order valence-electron chi connectivity index (χ2n) is 4.98. The highest BCUT2D eigenvalue weighted by molar-refractivity contribution is 9.10. The van der Waals surface area contributed by atoms with Crippen LogP contribution in [-0.2, 0) is 0 Å². The number of hydrogen-bond donors (Lipinski definition) is 1. The van der Waals surface area contributed by atoms with Crippen LogP contribution in [0.2, 0.25) is 0 Å². The van der Waals surface area contributed by atoms with Crippen LogP contribution in [-0.4, -0.2) is 0 Å². The van der Waals surface area contributed by atoms with E-state index in [1.807, 2.05) is 12.1 Å². The quantitative estimate of drug-likeness (QED) is 0.644. The van der Waals surface area contributed by atoms with Crippen LogP contribution >= 0.6 is 15.9 Å². The van der Waals surface area contributed by atoms with Gasteiger partial charge in [-0.25, -0.2) is 0 Å². The molecule has 1 nitrogen and oxygen atoms in total. The van der Waals surface area contributed by atoms with E-state index in [2.05, 4.69) is 82.8 Å². The fourth-order valence-electron chi connectivity index (χ4n) is 2.39. The summed E-state index contributed by atoms with van der Waals surface area (Å²) < 4.78 is 1.09. The Balaban J connectivity index is 1.86. The first-order valence-corrected chi connectivity index (χ1v) is 7.52. The molecule has 0 aliphatic carbocycles. The van der Waals surface area contributed by atoms with E-state index in [9.17, 15) is 0 Å². The zero-order chi connectivity index (χ0) is 13.9. The summed E-state index contributed by atoms with van der Waals surface area (Å²) in [5.41, 5.74) is 2.42. The smallest absolute Gasteiger partial charge is 0.0485 e. The van der Waals surface area contributed by atoms with Crippen molar-refractivity contribution in [2.75, 3.05) is 5.32 Å². The standard InChI is InChI=1S/C18H16BrN/c1-13(20-18-8-4-7-17(19)12-18)15-10-9-14-5-2-3-6-16(14)11-15/h2-13,20H,1H3. The normalized spacial score (nSPS) is 12.3. The first kappa shape index (κ1) is 13.2.